The smallest absolute Gasteiger partial charge is 0.257 e. The zero-order valence-electron chi connectivity index (χ0n) is 14.0. The number of H-pyrrole nitrogens is 1. The van der Waals surface area contributed by atoms with Crippen LogP contribution in [-0.2, 0) is 4.79 Å². The van der Waals surface area contributed by atoms with E-state index in [4.69, 9.17) is 4.74 Å². The van der Waals surface area contributed by atoms with Gasteiger partial charge in [0, 0.05) is 24.8 Å². The minimum absolute atomic E-state index is 0.0155. The third-order valence-corrected chi connectivity index (χ3v) is 4.22. The van der Waals surface area contributed by atoms with Crippen molar-refractivity contribution in [3.05, 3.63) is 36.2 Å². The molecule has 0 atom stereocenters. The first-order valence-corrected chi connectivity index (χ1v) is 8.36. The average Bonchev–Trinajstić information content (AvgIpc) is 3.25. The molecule has 24 heavy (non-hydrogen) atoms. The number of hydrogen-bond donors (Lipinski definition) is 2. The molecule has 2 aromatic rings. The lowest BCUT2D eigenvalue weighted by atomic mass is 10.1. The zero-order valence-corrected chi connectivity index (χ0v) is 14.0. The first-order valence-electron chi connectivity index (χ1n) is 8.36. The average molecular weight is 327 g/mol. The number of nitrogens with zero attached hydrogens (tertiary/aromatic N) is 2. The monoisotopic (exact) mass is 327 g/mol. The van der Waals surface area contributed by atoms with Gasteiger partial charge in [-0.1, -0.05) is 0 Å². The van der Waals surface area contributed by atoms with Gasteiger partial charge in [0.15, 0.2) is 6.61 Å². The highest BCUT2D eigenvalue weighted by atomic mass is 16.5. The maximum absolute atomic E-state index is 11.9. The van der Waals surface area contributed by atoms with Gasteiger partial charge in [-0.05, 0) is 62.7 Å². The molecule has 1 fully saturated rings. The highest BCUT2D eigenvalue weighted by Gasteiger charge is 2.11. The van der Waals surface area contributed by atoms with E-state index in [-0.39, 0.29) is 12.5 Å². The van der Waals surface area contributed by atoms with Crippen molar-refractivity contribution in [3.8, 4) is 16.9 Å². The Morgan fingerprint density at radius 2 is 2.25 bits per heavy atom. The molecule has 1 aliphatic rings. The molecular weight excluding hydrogens is 304 g/mol. The summed E-state index contributed by atoms with van der Waals surface area (Å²) < 4.78 is 5.58. The fourth-order valence-corrected chi connectivity index (χ4v) is 2.90. The summed E-state index contributed by atoms with van der Waals surface area (Å²) in [5.41, 5.74) is 2.89. The molecule has 0 unspecified atom stereocenters. The molecule has 0 bridgehead atoms. The normalized spacial score (nSPS) is 14.7. The van der Waals surface area contributed by atoms with Crippen molar-refractivity contribution in [2.75, 3.05) is 32.8 Å². The summed E-state index contributed by atoms with van der Waals surface area (Å²) in [6.07, 6.45) is 4.37. The van der Waals surface area contributed by atoms with E-state index < -0.39 is 0 Å². The van der Waals surface area contributed by atoms with Gasteiger partial charge in [-0.15, -0.1) is 0 Å². The van der Waals surface area contributed by atoms with E-state index >= 15 is 0 Å². The number of aromatic amines is 1. The summed E-state index contributed by atoms with van der Waals surface area (Å²) in [4.78, 5) is 14.2. The zero-order chi connectivity index (χ0) is 16.8. The second-order valence-corrected chi connectivity index (χ2v) is 6.03. The first-order chi connectivity index (χ1) is 11.7. The van der Waals surface area contributed by atoms with Crippen LogP contribution < -0.4 is 10.1 Å². The van der Waals surface area contributed by atoms with E-state index in [1.54, 1.807) is 6.07 Å². The van der Waals surface area contributed by atoms with Gasteiger partial charge in [0.2, 0.25) is 0 Å². The fourth-order valence-electron chi connectivity index (χ4n) is 2.90. The molecule has 0 spiro atoms. The number of aromatic nitrogens is 2. The van der Waals surface area contributed by atoms with Gasteiger partial charge in [-0.3, -0.25) is 9.89 Å². The third-order valence-electron chi connectivity index (χ3n) is 4.22. The van der Waals surface area contributed by atoms with Crippen molar-refractivity contribution >= 4 is 5.91 Å². The Labute approximate surface area is 142 Å². The summed E-state index contributed by atoms with van der Waals surface area (Å²) in [5, 5.41) is 9.86. The first kappa shape index (κ1) is 16.5. The largest absolute Gasteiger partial charge is 0.484 e. The summed E-state index contributed by atoms with van der Waals surface area (Å²) in [5.74, 6) is 0.530. The number of carbonyl (C=O) groups is 1. The van der Waals surface area contributed by atoms with Gasteiger partial charge in [0.25, 0.3) is 5.91 Å². The van der Waals surface area contributed by atoms with Crippen molar-refractivity contribution in [1.29, 1.82) is 0 Å². The minimum Gasteiger partial charge on any atom is -0.484 e. The standard InChI is InChI=1S/C18H23N4O2/c1-14-17(12-20-21-14)15-5-4-6-16(11-15)24-13-18(23)19-7-10-22-8-2-3-9-22/h5-6,11-12H,2-3,7-10,13H2,1H3,(H,19,23)(H,20,21). The molecule has 1 radical (unpaired) electrons. The van der Waals surface area contributed by atoms with E-state index in [0.29, 0.717) is 12.3 Å². The lowest BCUT2D eigenvalue weighted by Crippen LogP contribution is -2.35. The Morgan fingerprint density at radius 3 is 3.00 bits per heavy atom. The molecule has 1 amide bonds. The van der Waals surface area contributed by atoms with Crippen molar-refractivity contribution in [3.63, 3.8) is 0 Å². The quantitative estimate of drug-likeness (QED) is 0.813. The number of aryl methyl sites for hydroxylation is 1. The Morgan fingerprint density at radius 1 is 1.42 bits per heavy atom. The van der Waals surface area contributed by atoms with Crippen LogP contribution in [0, 0.1) is 13.0 Å². The second-order valence-electron chi connectivity index (χ2n) is 6.03. The maximum atomic E-state index is 11.9. The van der Waals surface area contributed by atoms with Crippen molar-refractivity contribution in [1.82, 2.24) is 20.4 Å². The van der Waals surface area contributed by atoms with Crippen LogP contribution in [0.2, 0.25) is 0 Å². The SMILES string of the molecule is Cc1n[nH]cc1-c1c[c]cc(OCC(=O)NCCN2CCCC2)c1. The number of likely N-dealkylation sites (tertiary alicyclic amines) is 1. The van der Waals surface area contributed by atoms with Gasteiger partial charge in [0.1, 0.15) is 5.75 Å². The summed E-state index contributed by atoms with van der Waals surface area (Å²) in [6, 6.07) is 8.55. The second kappa shape index (κ2) is 7.97. The Hall–Kier alpha value is -2.34. The number of carbonyl (C=O) groups excluding carboxylic acids is 1. The molecule has 6 heteroatoms. The summed E-state index contributed by atoms with van der Waals surface area (Å²) >= 11 is 0. The van der Waals surface area contributed by atoms with Crippen LogP contribution in [-0.4, -0.2) is 53.8 Å². The van der Waals surface area contributed by atoms with Crippen LogP contribution >= 0.6 is 0 Å². The number of amides is 1. The molecule has 1 aliphatic heterocycles. The Bertz CT molecular complexity index is 677. The number of ether oxygens (including phenoxy) is 1. The summed E-state index contributed by atoms with van der Waals surface area (Å²) in [7, 11) is 0. The molecular formula is C18H23N4O2. The molecule has 1 aromatic carbocycles. The predicted molar refractivity (Wildman–Crippen MR) is 91.8 cm³/mol. The Kier molecular flexibility index (Phi) is 5.48. The van der Waals surface area contributed by atoms with Crippen LogP contribution in [0.1, 0.15) is 18.5 Å². The van der Waals surface area contributed by atoms with E-state index in [0.717, 1.165) is 36.5 Å². The van der Waals surface area contributed by atoms with Gasteiger partial charge in [0.05, 0.1) is 5.69 Å². The van der Waals surface area contributed by atoms with Crippen LogP contribution in [0.25, 0.3) is 11.1 Å². The van der Waals surface area contributed by atoms with Gasteiger partial charge in [-0.2, -0.15) is 5.10 Å². The lowest BCUT2D eigenvalue weighted by Gasteiger charge is -2.14. The molecule has 127 valence electrons. The summed E-state index contributed by atoms with van der Waals surface area (Å²) in [6.45, 7) is 5.82. The lowest BCUT2D eigenvalue weighted by molar-refractivity contribution is -0.123. The highest BCUT2D eigenvalue weighted by Crippen LogP contribution is 2.25. The third kappa shape index (κ3) is 4.35. The number of benzene rings is 1. The van der Waals surface area contributed by atoms with Crippen molar-refractivity contribution in [2.45, 2.75) is 19.8 Å². The minimum atomic E-state index is -0.0981. The molecule has 6 nitrogen and oxygen atoms in total. The molecule has 0 aliphatic carbocycles. The van der Waals surface area contributed by atoms with E-state index in [1.807, 2.05) is 25.3 Å². The number of hydrogen-bond acceptors (Lipinski definition) is 4. The molecule has 0 saturated carbocycles. The Balaban J connectivity index is 1.46. The van der Waals surface area contributed by atoms with Gasteiger partial charge >= 0.3 is 0 Å². The molecule has 1 saturated heterocycles. The molecule has 1 aromatic heterocycles. The van der Waals surface area contributed by atoms with Crippen LogP contribution in [0.5, 0.6) is 5.75 Å². The van der Waals surface area contributed by atoms with Crippen LogP contribution in [0.15, 0.2) is 24.4 Å². The van der Waals surface area contributed by atoms with E-state index in [1.165, 1.54) is 12.8 Å². The number of rotatable bonds is 7. The highest BCUT2D eigenvalue weighted by molar-refractivity contribution is 5.77. The van der Waals surface area contributed by atoms with Crippen LogP contribution in [0.3, 0.4) is 0 Å². The molecule has 2 N–H and O–H groups in total. The maximum Gasteiger partial charge on any atom is 0.257 e. The molecule has 2 heterocycles. The van der Waals surface area contributed by atoms with Crippen molar-refractivity contribution < 1.29 is 9.53 Å². The topological polar surface area (TPSA) is 70.2 Å². The van der Waals surface area contributed by atoms with E-state index in [2.05, 4.69) is 26.5 Å². The van der Waals surface area contributed by atoms with Crippen molar-refractivity contribution in [2.24, 2.45) is 0 Å². The van der Waals surface area contributed by atoms with Gasteiger partial charge in [-0.25, -0.2) is 0 Å². The van der Waals surface area contributed by atoms with E-state index in [9.17, 15) is 4.79 Å². The predicted octanol–water partition coefficient (Wildman–Crippen LogP) is 1.78. The van der Waals surface area contributed by atoms with Crippen LogP contribution in [0.4, 0.5) is 0 Å². The molecule has 3 rings (SSSR count). The fraction of sp³-hybridized carbons (Fsp3) is 0.444. The van der Waals surface area contributed by atoms with Gasteiger partial charge < -0.3 is 15.0 Å². The number of nitrogens with one attached hydrogen (secondary N) is 2.